The van der Waals surface area contributed by atoms with Crippen molar-refractivity contribution in [2.75, 3.05) is 6.67 Å². The molecule has 0 aliphatic carbocycles. The van der Waals surface area contributed by atoms with E-state index in [1.807, 2.05) is 22.6 Å². The standard InChI is InChI=1S/C7H8FIN2O2/c1-10-4-5(9)6(12)11(3-2-8)7(10)13/h4H,2-3H2,1H3. The summed E-state index contributed by atoms with van der Waals surface area (Å²) in [5.74, 6) is 0. The van der Waals surface area contributed by atoms with E-state index in [2.05, 4.69) is 0 Å². The van der Waals surface area contributed by atoms with Crippen LogP contribution in [0.1, 0.15) is 0 Å². The fourth-order valence-electron chi connectivity index (χ4n) is 0.968. The molecule has 1 aromatic heterocycles. The lowest BCUT2D eigenvalue weighted by atomic mass is 10.6. The predicted molar refractivity (Wildman–Crippen MR) is 54.6 cm³/mol. The molecular formula is C7H8FIN2O2. The van der Waals surface area contributed by atoms with E-state index in [0.29, 0.717) is 3.57 Å². The smallest absolute Gasteiger partial charge is 0.302 e. The second kappa shape index (κ2) is 4.03. The third kappa shape index (κ3) is 1.98. The number of aryl methyl sites for hydroxylation is 1. The number of halogens is 2. The molecule has 1 rings (SSSR count). The van der Waals surface area contributed by atoms with Gasteiger partial charge in [0.1, 0.15) is 6.67 Å². The lowest BCUT2D eigenvalue weighted by molar-refractivity contribution is 0.426. The van der Waals surface area contributed by atoms with Crippen LogP contribution in [0.3, 0.4) is 0 Å². The molecule has 1 aromatic rings. The van der Waals surface area contributed by atoms with Gasteiger partial charge in [-0.15, -0.1) is 0 Å². The Kier molecular flexibility index (Phi) is 3.23. The summed E-state index contributed by atoms with van der Waals surface area (Å²) in [5.41, 5.74) is -0.913. The normalized spacial score (nSPS) is 10.4. The van der Waals surface area contributed by atoms with E-state index in [4.69, 9.17) is 0 Å². The Balaban J connectivity index is 3.47. The first-order valence-electron chi connectivity index (χ1n) is 3.60. The summed E-state index contributed by atoms with van der Waals surface area (Å²) in [5, 5.41) is 0. The van der Waals surface area contributed by atoms with Gasteiger partial charge in [0.2, 0.25) is 0 Å². The van der Waals surface area contributed by atoms with Gasteiger partial charge >= 0.3 is 5.69 Å². The van der Waals surface area contributed by atoms with Crippen molar-refractivity contribution in [3.8, 4) is 0 Å². The van der Waals surface area contributed by atoms with Crippen LogP contribution in [0, 0.1) is 3.57 Å². The number of nitrogens with zero attached hydrogens (tertiary/aromatic N) is 2. The molecule has 0 N–H and O–H groups in total. The Bertz CT molecular complexity index is 389. The molecule has 0 aliphatic heterocycles. The highest BCUT2D eigenvalue weighted by Gasteiger charge is 2.06. The Morgan fingerprint density at radius 3 is 2.69 bits per heavy atom. The third-order valence-corrected chi connectivity index (χ3v) is 2.34. The van der Waals surface area contributed by atoms with Gasteiger partial charge in [0, 0.05) is 13.2 Å². The quantitative estimate of drug-likeness (QED) is 0.728. The summed E-state index contributed by atoms with van der Waals surface area (Å²) in [6.45, 7) is -0.891. The third-order valence-electron chi connectivity index (χ3n) is 1.60. The monoisotopic (exact) mass is 298 g/mol. The van der Waals surface area contributed by atoms with Gasteiger partial charge in [0.25, 0.3) is 5.56 Å². The van der Waals surface area contributed by atoms with Gasteiger partial charge < -0.3 is 4.57 Å². The number of hydrogen-bond donors (Lipinski definition) is 0. The Labute approximate surface area is 87.1 Å². The molecule has 0 saturated carbocycles. The zero-order chi connectivity index (χ0) is 10.0. The Hall–Kier alpha value is -0.660. The molecule has 72 valence electrons. The minimum Gasteiger partial charge on any atom is -0.302 e. The highest BCUT2D eigenvalue weighted by atomic mass is 127. The number of aromatic nitrogens is 2. The van der Waals surface area contributed by atoms with Crippen LogP contribution in [-0.2, 0) is 13.6 Å². The van der Waals surface area contributed by atoms with Crippen molar-refractivity contribution in [1.29, 1.82) is 0 Å². The SMILES string of the molecule is Cn1cc(I)c(=O)n(CCF)c1=O. The van der Waals surface area contributed by atoms with E-state index in [-0.39, 0.29) is 6.54 Å². The van der Waals surface area contributed by atoms with Gasteiger partial charge in [-0.3, -0.25) is 9.36 Å². The van der Waals surface area contributed by atoms with Gasteiger partial charge in [0.15, 0.2) is 0 Å². The summed E-state index contributed by atoms with van der Waals surface area (Å²) in [7, 11) is 1.53. The average Bonchev–Trinajstić information content (AvgIpc) is 2.09. The van der Waals surface area contributed by atoms with Crippen LogP contribution in [0.15, 0.2) is 15.8 Å². The molecule has 0 radical (unpaired) electrons. The first kappa shape index (κ1) is 10.4. The van der Waals surface area contributed by atoms with Crippen molar-refractivity contribution in [3.63, 3.8) is 0 Å². The molecule has 0 unspecified atom stereocenters. The van der Waals surface area contributed by atoms with Crippen LogP contribution < -0.4 is 11.2 Å². The van der Waals surface area contributed by atoms with Crippen LogP contribution >= 0.6 is 22.6 Å². The maximum absolute atomic E-state index is 12.0. The minimum atomic E-state index is -0.713. The summed E-state index contributed by atoms with van der Waals surface area (Å²) in [6.07, 6.45) is 1.43. The fraction of sp³-hybridized carbons (Fsp3) is 0.429. The summed E-state index contributed by atoms with van der Waals surface area (Å²) in [4.78, 5) is 22.6. The first-order valence-corrected chi connectivity index (χ1v) is 4.67. The molecule has 13 heavy (non-hydrogen) atoms. The van der Waals surface area contributed by atoms with Crippen molar-refractivity contribution in [3.05, 3.63) is 30.6 Å². The molecule has 4 nitrogen and oxygen atoms in total. The van der Waals surface area contributed by atoms with Gasteiger partial charge in [-0.05, 0) is 22.6 Å². The Morgan fingerprint density at radius 1 is 1.54 bits per heavy atom. The van der Waals surface area contributed by atoms with E-state index in [1.54, 1.807) is 0 Å². The highest BCUT2D eigenvalue weighted by Crippen LogP contribution is 1.92. The zero-order valence-corrected chi connectivity index (χ0v) is 9.12. The summed E-state index contributed by atoms with van der Waals surface area (Å²) in [6, 6.07) is 0. The maximum atomic E-state index is 12.0. The van der Waals surface area contributed by atoms with Gasteiger partial charge in [-0.2, -0.15) is 0 Å². The summed E-state index contributed by atoms with van der Waals surface area (Å²) < 4.78 is 14.6. The Morgan fingerprint density at radius 2 is 2.15 bits per heavy atom. The molecule has 0 spiro atoms. The predicted octanol–water partition coefficient (Wildman–Crippen LogP) is 0.121. The van der Waals surface area contributed by atoms with Gasteiger partial charge in [-0.25, -0.2) is 9.18 Å². The average molecular weight is 298 g/mol. The van der Waals surface area contributed by atoms with Gasteiger partial charge in [0.05, 0.1) is 10.1 Å². The molecule has 0 fully saturated rings. The number of hydrogen-bond acceptors (Lipinski definition) is 2. The van der Waals surface area contributed by atoms with E-state index in [9.17, 15) is 14.0 Å². The van der Waals surface area contributed by atoms with Crippen LogP contribution in [-0.4, -0.2) is 15.8 Å². The number of alkyl halides is 1. The largest absolute Gasteiger partial charge is 0.330 e. The van der Waals surface area contributed by atoms with Gasteiger partial charge in [-0.1, -0.05) is 0 Å². The maximum Gasteiger partial charge on any atom is 0.330 e. The molecule has 0 aromatic carbocycles. The van der Waals surface area contributed by atoms with Crippen molar-refractivity contribution < 1.29 is 4.39 Å². The van der Waals surface area contributed by atoms with Crippen molar-refractivity contribution in [2.24, 2.45) is 7.05 Å². The topological polar surface area (TPSA) is 44.0 Å². The van der Waals surface area contributed by atoms with E-state index >= 15 is 0 Å². The molecule has 6 heteroatoms. The lowest BCUT2D eigenvalue weighted by Crippen LogP contribution is -2.40. The second-order valence-corrected chi connectivity index (χ2v) is 3.68. The molecule has 0 saturated heterocycles. The summed E-state index contributed by atoms with van der Waals surface area (Å²) >= 11 is 1.82. The molecule has 0 atom stereocenters. The molecule has 0 aliphatic rings. The number of rotatable bonds is 2. The van der Waals surface area contributed by atoms with E-state index < -0.39 is 17.9 Å². The molecular weight excluding hydrogens is 290 g/mol. The molecule has 1 heterocycles. The van der Waals surface area contributed by atoms with Crippen molar-refractivity contribution >= 4 is 22.6 Å². The van der Waals surface area contributed by atoms with Crippen molar-refractivity contribution in [2.45, 2.75) is 6.54 Å². The van der Waals surface area contributed by atoms with E-state index in [1.165, 1.54) is 17.8 Å². The van der Waals surface area contributed by atoms with Crippen LogP contribution in [0.25, 0.3) is 0 Å². The zero-order valence-electron chi connectivity index (χ0n) is 6.96. The fourth-order valence-corrected chi connectivity index (χ4v) is 1.68. The second-order valence-electron chi connectivity index (χ2n) is 2.52. The van der Waals surface area contributed by atoms with Crippen molar-refractivity contribution in [1.82, 2.24) is 9.13 Å². The van der Waals surface area contributed by atoms with E-state index in [0.717, 1.165) is 4.57 Å². The van der Waals surface area contributed by atoms with Crippen LogP contribution in [0.5, 0.6) is 0 Å². The molecule has 0 bridgehead atoms. The van der Waals surface area contributed by atoms with Crippen LogP contribution in [0.2, 0.25) is 0 Å². The van der Waals surface area contributed by atoms with Crippen LogP contribution in [0.4, 0.5) is 4.39 Å². The lowest BCUT2D eigenvalue weighted by Gasteiger charge is -2.04. The molecule has 0 amide bonds. The minimum absolute atomic E-state index is 0.178. The first-order chi connectivity index (χ1) is 6.07. The highest BCUT2D eigenvalue weighted by molar-refractivity contribution is 14.1.